The molecule has 0 fully saturated rings. The summed E-state index contributed by atoms with van der Waals surface area (Å²) in [4.78, 5) is 24.7. The number of nitrogens with one attached hydrogen (secondary N) is 2. The van der Waals surface area contributed by atoms with E-state index in [0.29, 0.717) is 12.1 Å². The Morgan fingerprint density at radius 3 is 2.22 bits per heavy atom. The third kappa shape index (κ3) is 6.57. The molecule has 2 N–H and O–H groups in total. The van der Waals surface area contributed by atoms with E-state index in [0.717, 1.165) is 12.2 Å². The van der Waals surface area contributed by atoms with Crippen LogP contribution in [0.2, 0.25) is 0 Å². The Bertz CT molecular complexity index is 617. The summed E-state index contributed by atoms with van der Waals surface area (Å²) in [7, 11) is 0. The Morgan fingerprint density at radius 1 is 0.870 bits per heavy atom. The van der Waals surface area contributed by atoms with Gasteiger partial charge < -0.3 is 10.6 Å². The smallest absolute Gasteiger partial charge is 0.251 e. The Labute approximate surface area is 140 Å². The Morgan fingerprint density at radius 2 is 1.52 bits per heavy atom. The molecule has 2 rings (SSSR count). The van der Waals surface area contributed by atoms with E-state index in [9.17, 15) is 9.59 Å². The topological polar surface area (TPSA) is 58.2 Å². The average Bonchev–Trinajstić information content (AvgIpc) is 2.61. The quantitative estimate of drug-likeness (QED) is 0.579. The standard InChI is InChI=1S/C18H20N2O2S/c21-17(14-20-18(22)15-8-3-1-4-9-15)19-12-7-13-23-16-10-5-2-6-11-16/h1-6,8-11H,7,12-14H2,(H,19,21)(H,20,22). The van der Waals surface area contributed by atoms with Crippen LogP contribution in [0.25, 0.3) is 0 Å². The van der Waals surface area contributed by atoms with Gasteiger partial charge in [-0.1, -0.05) is 36.4 Å². The molecule has 5 heteroatoms. The van der Waals surface area contributed by atoms with Gasteiger partial charge in [-0.25, -0.2) is 0 Å². The second-order valence-electron chi connectivity index (χ2n) is 4.91. The van der Waals surface area contributed by atoms with Gasteiger partial charge in [-0.2, -0.15) is 0 Å². The summed E-state index contributed by atoms with van der Waals surface area (Å²) in [6.45, 7) is 0.611. The largest absolute Gasteiger partial charge is 0.355 e. The summed E-state index contributed by atoms with van der Waals surface area (Å²) in [5, 5.41) is 5.42. The zero-order valence-electron chi connectivity index (χ0n) is 12.8. The molecule has 0 aliphatic rings. The third-order valence-electron chi connectivity index (χ3n) is 3.10. The highest BCUT2D eigenvalue weighted by molar-refractivity contribution is 7.99. The molecule has 120 valence electrons. The lowest BCUT2D eigenvalue weighted by atomic mass is 10.2. The number of hydrogen-bond donors (Lipinski definition) is 2. The minimum Gasteiger partial charge on any atom is -0.355 e. The number of amides is 2. The van der Waals surface area contributed by atoms with E-state index in [2.05, 4.69) is 22.8 Å². The predicted molar refractivity (Wildman–Crippen MR) is 93.6 cm³/mol. The van der Waals surface area contributed by atoms with Crippen molar-refractivity contribution in [3.8, 4) is 0 Å². The Balaban J connectivity index is 1.56. The maximum absolute atomic E-state index is 11.8. The maximum atomic E-state index is 11.8. The molecule has 0 unspecified atom stereocenters. The molecule has 0 atom stereocenters. The number of carbonyl (C=O) groups is 2. The normalized spacial score (nSPS) is 10.1. The third-order valence-corrected chi connectivity index (χ3v) is 4.20. The number of benzene rings is 2. The van der Waals surface area contributed by atoms with Gasteiger partial charge in [0.1, 0.15) is 0 Å². The summed E-state index contributed by atoms with van der Waals surface area (Å²) < 4.78 is 0. The van der Waals surface area contributed by atoms with Crippen LogP contribution in [0.4, 0.5) is 0 Å². The van der Waals surface area contributed by atoms with Crippen LogP contribution < -0.4 is 10.6 Å². The summed E-state index contributed by atoms with van der Waals surface area (Å²) in [5.41, 5.74) is 0.555. The van der Waals surface area contributed by atoms with Gasteiger partial charge in [0.05, 0.1) is 6.54 Å². The number of carbonyl (C=O) groups excluding carboxylic acids is 2. The Kier molecular flexibility index (Phi) is 7.20. The SMILES string of the molecule is O=C(CNC(=O)c1ccccc1)NCCCSc1ccccc1. The molecule has 2 aromatic rings. The van der Waals surface area contributed by atoms with Gasteiger partial charge in [0.25, 0.3) is 5.91 Å². The fraction of sp³-hybridized carbons (Fsp3) is 0.222. The first-order valence-electron chi connectivity index (χ1n) is 7.53. The first kappa shape index (κ1) is 17.1. The van der Waals surface area contributed by atoms with Crippen LogP contribution in [-0.2, 0) is 4.79 Å². The molecular weight excluding hydrogens is 308 g/mol. The van der Waals surface area contributed by atoms with Crippen LogP contribution in [-0.4, -0.2) is 30.7 Å². The fourth-order valence-corrected chi connectivity index (χ4v) is 2.80. The molecule has 0 bridgehead atoms. The van der Waals surface area contributed by atoms with Gasteiger partial charge in [-0.3, -0.25) is 9.59 Å². The molecule has 0 spiro atoms. The van der Waals surface area contributed by atoms with Crippen LogP contribution >= 0.6 is 11.8 Å². The van der Waals surface area contributed by atoms with Gasteiger partial charge in [0, 0.05) is 17.0 Å². The van der Waals surface area contributed by atoms with Crippen molar-refractivity contribution in [1.82, 2.24) is 10.6 Å². The number of thioether (sulfide) groups is 1. The summed E-state index contributed by atoms with van der Waals surface area (Å²) >= 11 is 1.77. The van der Waals surface area contributed by atoms with Crippen molar-refractivity contribution in [2.75, 3.05) is 18.8 Å². The van der Waals surface area contributed by atoms with Crippen LogP contribution in [0.1, 0.15) is 16.8 Å². The first-order valence-corrected chi connectivity index (χ1v) is 8.52. The van der Waals surface area contributed by atoms with Crippen molar-refractivity contribution < 1.29 is 9.59 Å². The highest BCUT2D eigenvalue weighted by Gasteiger charge is 2.06. The minimum atomic E-state index is -0.236. The molecule has 4 nitrogen and oxygen atoms in total. The number of rotatable bonds is 8. The second kappa shape index (κ2) is 9.69. The summed E-state index contributed by atoms with van der Waals surface area (Å²) in [6, 6.07) is 19.0. The van der Waals surface area contributed by atoms with Crippen molar-refractivity contribution in [3.05, 3.63) is 66.2 Å². The van der Waals surface area contributed by atoms with Gasteiger partial charge in [0.15, 0.2) is 0 Å². The van der Waals surface area contributed by atoms with E-state index in [1.54, 1.807) is 36.0 Å². The summed E-state index contributed by atoms with van der Waals surface area (Å²) in [5.74, 6) is 0.542. The first-order chi connectivity index (χ1) is 11.3. The highest BCUT2D eigenvalue weighted by Crippen LogP contribution is 2.17. The molecule has 2 amide bonds. The van der Waals surface area contributed by atoms with E-state index in [-0.39, 0.29) is 18.4 Å². The van der Waals surface area contributed by atoms with E-state index in [1.807, 2.05) is 24.3 Å². The van der Waals surface area contributed by atoms with Gasteiger partial charge in [-0.15, -0.1) is 11.8 Å². The molecule has 0 saturated carbocycles. The van der Waals surface area contributed by atoms with Crippen molar-refractivity contribution in [2.24, 2.45) is 0 Å². The van der Waals surface area contributed by atoms with Crippen LogP contribution in [0.15, 0.2) is 65.6 Å². The van der Waals surface area contributed by atoms with Crippen LogP contribution in [0, 0.1) is 0 Å². The van der Waals surface area contributed by atoms with E-state index >= 15 is 0 Å². The molecule has 0 aromatic heterocycles. The maximum Gasteiger partial charge on any atom is 0.251 e. The molecule has 2 aromatic carbocycles. The Hall–Kier alpha value is -2.27. The van der Waals surface area contributed by atoms with Crippen molar-refractivity contribution in [3.63, 3.8) is 0 Å². The zero-order valence-corrected chi connectivity index (χ0v) is 13.6. The molecule has 0 radical (unpaired) electrons. The van der Waals surface area contributed by atoms with Crippen molar-refractivity contribution >= 4 is 23.6 Å². The monoisotopic (exact) mass is 328 g/mol. The number of hydrogen-bond acceptors (Lipinski definition) is 3. The predicted octanol–water partition coefficient (Wildman–Crippen LogP) is 2.72. The summed E-state index contributed by atoms with van der Waals surface area (Å²) in [6.07, 6.45) is 0.887. The highest BCUT2D eigenvalue weighted by atomic mass is 32.2. The van der Waals surface area contributed by atoms with Gasteiger partial charge in [-0.05, 0) is 36.4 Å². The van der Waals surface area contributed by atoms with E-state index < -0.39 is 0 Å². The lowest BCUT2D eigenvalue weighted by molar-refractivity contribution is -0.120. The lowest BCUT2D eigenvalue weighted by Gasteiger charge is -2.07. The van der Waals surface area contributed by atoms with Gasteiger partial charge >= 0.3 is 0 Å². The zero-order chi connectivity index (χ0) is 16.3. The molecule has 0 aliphatic heterocycles. The van der Waals surface area contributed by atoms with Crippen LogP contribution in [0.5, 0.6) is 0 Å². The second-order valence-corrected chi connectivity index (χ2v) is 6.08. The van der Waals surface area contributed by atoms with Crippen molar-refractivity contribution in [1.29, 1.82) is 0 Å². The molecule has 23 heavy (non-hydrogen) atoms. The molecule has 0 saturated heterocycles. The van der Waals surface area contributed by atoms with E-state index in [1.165, 1.54) is 4.90 Å². The molecule has 0 heterocycles. The molecular formula is C18H20N2O2S. The average molecular weight is 328 g/mol. The molecule has 0 aliphatic carbocycles. The van der Waals surface area contributed by atoms with Gasteiger partial charge in [0.2, 0.25) is 5.91 Å². The van der Waals surface area contributed by atoms with E-state index in [4.69, 9.17) is 0 Å². The minimum absolute atomic E-state index is 0.000441. The fourth-order valence-electron chi connectivity index (χ4n) is 1.92. The lowest BCUT2D eigenvalue weighted by Crippen LogP contribution is -2.37. The van der Waals surface area contributed by atoms with Crippen LogP contribution in [0.3, 0.4) is 0 Å². The van der Waals surface area contributed by atoms with Crippen molar-refractivity contribution in [2.45, 2.75) is 11.3 Å².